The minimum absolute atomic E-state index is 0.164. The van der Waals surface area contributed by atoms with Gasteiger partial charge in [-0.15, -0.1) is 0 Å². The van der Waals surface area contributed by atoms with Crippen molar-refractivity contribution in [1.29, 1.82) is 0 Å². The first-order chi connectivity index (χ1) is 12.2. The highest BCUT2D eigenvalue weighted by molar-refractivity contribution is 6.44. The molecule has 0 saturated carbocycles. The highest BCUT2D eigenvalue weighted by atomic mass is 35.5. The number of primary amides is 1. The van der Waals surface area contributed by atoms with E-state index in [1.807, 2.05) is 0 Å². The van der Waals surface area contributed by atoms with Gasteiger partial charge in [-0.3, -0.25) is 14.4 Å². The maximum atomic E-state index is 12.4. The van der Waals surface area contributed by atoms with Crippen LogP contribution in [0.5, 0.6) is 0 Å². The summed E-state index contributed by atoms with van der Waals surface area (Å²) in [6.45, 7) is 1.58. The van der Waals surface area contributed by atoms with Crippen molar-refractivity contribution in [2.45, 2.75) is 6.92 Å². The SMILES string of the molecule is Cc1ccc(C(=O)Nc2cccc(C(=O)N(C)CC(N)=O)c2)c(Cl)c1Cl. The number of amides is 3. The third kappa shape index (κ3) is 4.53. The predicted octanol–water partition coefficient (Wildman–Crippen LogP) is 3.11. The third-order valence-electron chi connectivity index (χ3n) is 3.63. The smallest absolute Gasteiger partial charge is 0.257 e. The van der Waals surface area contributed by atoms with E-state index in [0.29, 0.717) is 16.3 Å². The van der Waals surface area contributed by atoms with Crippen LogP contribution < -0.4 is 11.1 Å². The van der Waals surface area contributed by atoms with Gasteiger partial charge in [0.1, 0.15) is 0 Å². The van der Waals surface area contributed by atoms with Crippen LogP contribution in [0.4, 0.5) is 5.69 Å². The molecule has 0 aliphatic heterocycles. The lowest BCUT2D eigenvalue weighted by Crippen LogP contribution is -2.35. The van der Waals surface area contributed by atoms with Gasteiger partial charge < -0.3 is 16.0 Å². The van der Waals surface area contributed by atoms with E-state index < -0.39 is 17.7 Å². The van der Waals surface area contributed by atoms with Crippen molar-refractivity contribution in [1.82, 2.24) is 4.90 Å². The molecule has 0 atom stereocenters. The van der Waals surface area contributed by atoms with E-state index in [2.05, 4.69) is 5.32 Å². The Hall–Kier alpha value is -2.57. The highest BCUT2D eigenvalue weighted by Crippen LogP contribution is 2.29. The van der Waals surface area contributed by atoms with E-state index in [0.717, 1.165) is 5.56 Å². The largest absolute Gasteiger partial charge is 0.368 e. The first-order valence-electron chi connectivity index (χ1n) is 7.60. The molecule has 0 saturated heterocycles. The number of aryl methyl sites for hydroxylation is 1. The molecule has 0 spiro atoms. The molecule has 26 heavy (non-hydrogen) atoms. The lowest BCUT2D eigenvalue weighted by Gasteiger charge is -2.16. The van der Waals surface area contributed by atoms with Crippen molar-refractivity contribution in [3.63, 3.8) is 0 Å². The maximum absolute atomic E-state index is 12.4. The molecule has 8 heteroatoms. The fraction of sp³-hybridized carbons (Fsp3) is 0.167. The maximum Gasteiger partial charge on any atom is 0.257 e. The Labute approximate surface area is 160 Å². The van der Waals surface area contributed by atoms with Gasteiger partial charge in [-0.05, 0) is 36.8 Å². The van der Waals surface area contributed by atoms with Crippen LogP contribution in [-0.2, 0) is 4.79 Å². The second-order valence-electron chi connectivity index (χ2n) is 5.72. The van der Waals surface area contributed by atoms with E-state index in [1.165, 1.54) is 18.0 Å². The monoisotopic (exact) mass is 393 g/mol. The second-order valence-corrected chi connectivity index (χ2v) is 6.48. The van der Waals surface area contributed by atoms with Gasteiger partial charge >= 0.3 is 0 Å². The molecule has 0 unspecified atom stereocenters. The van der Waals surface area contributed by atoms with E-state index >= 15 is 0 Å². The number of likely N-dealkylation sites (N-methyl/N-ethyl adjacent to an activating group) is 1. The molecule has 0 heterocycles. The zero-order chi connectivity index (χ0) is 19.4. The van der Waals surface area contributed by atoms with Crippen molar-refractivity contribution in [2.24, 2.45) is 5.73 Å². The Morgan fingerprint density at radius 1 is 1.12 bits per heavy atom. The van der Waals surface area contributed by atoms with Crippen molar-refractivity contribution < 1.29 is 14.4 Å². The van der Waals surface area contributed by atoms with Crippen molar-refractivity contribution in [3.05, 3.63) is 63.1 Å². The molecular weight excluding hydrogens is 377 g/mol. The van der Waals surface area contributed by atoms with Gasteiger partial charge in [0, 0.05) is 18.3 Å². The number of hydrogen-bond donors (Lipinski definition) is 2. The molecule has 0 fully saturated rings. The summed E-state index contributed by atoms with van der Waals surface area (Å²) in [4.78, 5) is 36.9. The van der Waals surface area contributed by atoms with E-state index in [1.54, 1.807) is 37.3 Å². The van der Waals surface area contributed by atoms with Gasteiger partial charge in [-0.2, -0.15) is 0 Å². The lowest BCUT2D eigenvalue weighted by molar-refractivity contribution is -0.118. The molecule has 2 rings (SSSR count). The van der Waals surface area contributed by atoms with Crippen LogP contribution in [0, 0.1) is 6.92 Å². The summed E-state index contributed by atoms with van der Waals surface area (Å²) < 4.78 is 0. The van der Waals surface area contributed by atoms with Crippen LogP contribution in [0.25, 0.3) is 0 Å². The van der Waals surface area contributed by atoms with Gasteiger partial charge in [0.05, 0.1) is 22.2 Å². The molecule has 0 aliphatic rings. The highest BCUT2D eigenvalue weighted by Gasteiger charge is 2.17. The number of hydrogen-bond acceptors (Lipinski definition) is 3. The van der Waals surface area contributed by atoms with Gasteiger partial charge in [-0.1, -0.05) is 35.3 Å². The lowest BCUT2D eigenvalue weighted by atomic mass is 10.1. The number of nitrogens with zero attached hydrogens (tertiary/aromatic N) is 1. The molecule has 0 aliphatic carbocycles. The second kappa shape index (κ2) is 8.21. The summed E-state index contributed by atoms with van der Waals surface area (Å²) in [7, 11) is 1.46. The average Bonchev–Trinajstić information content (AvgIpc) is 2.58. The van der Waals surface area contributed by atoms with Crippen LogP contribution >= 0.6 is 23.2 Å². The van der Waals surface area contributed by atoms with Crippen LogP contribution in [-0.4, -0.2) is 36.2 Å². The van der Waals surface area contributed by atoms with Gasteiger partial charge in [-0.25, -0.2) is 0 Å². The zero-order valence-electron chi connectivity index (χ0n) is 14.2. The van der Waals surface area contributed by atoms with E-state index in [9.17, 15) is 14.4 Å². The molecule has 0 radical (unpaired) electrons. The average molecular weight is 394 g/mol. The molecular formula is C18H17Cl2N3O3. The van der Waals surface area contributed by atoms with Gasteiger partial charge in [0.15, 0.2) is 0 Å². The minimum Gasteiger partial charge on any atom is -0.368 e. The number of anilines is 1. The number of halogens is 2. The molecule has 0 bridgehead atoms. The summed E-state index contributed by atoms with van der Waals surface area (Å²) >= 11 is 12.2. The first kappa shape index (κ1) is 19.8. The Kier molecular flexibility index (Phi) is 6.23. The summed E-state index contributed by atoms with van der Waals surface area (Å²) in [5.41, 5.74) is 6.79. The van der Waals surface area contributed by atoms with Gasteiger partial charge in [0.25, 0.3) is 11.8 Å². The quantitative estimate of drug-likeness (QED) is 0.816. The zero-order valence-corrected chi connectivity index (χ0v) is 15.7. The summed E-state index contributed by atoms with van der Waals surface area (Å²) in [6.07, 6.45) is 0. The van der Waals surface area contributed by atoms with Crippen molar-refractivity contribution in [2.75, 3.05) is 18.9 Å². The first-order valence-corrected chi connectivity index (χ1v) is 8.36. The Bertz CT molecular complexity index is 884. The fourth-order valence-electron chi connectivity index (χ4n) is 2.28. The normalized spacial score (nSPS) is 10.3. The molecule has 6 nitrogen and oxygen atoms in total. The Morgan fingerprint density at radius 3 is 2.46 bits per heavy atom. The third-order valence-corrected chi connectivity index (χ3v) is 4.60. The molecule has 3 N–H and O–H groups in total. The van der Waals surface area contributed by atoms with Crippen LogP contribution in [0.2, 0.25) is 10.0 Å². The van der Waals surface area contributed by atoms with Gasteiger partial charge in [0.2, 0.25) is 5.91 Å². The number of nitrogens with two attached hydrogens (primary N) is 1. The van der Waals surface area contributed by atoms with Crippen LogP contribution in [0.3, 0.4) is 0 Å². The Morgan fingerprint density at radius 2 is 1.81 bits per heavy atom. The Balaban J connectivity index is 2.21. The van der Waals surface area contributed by atoms with Crippen molar-refractivity contribution >= 4 is 46.6 Å². The summed E-state index contributed by atoms with van der Waals surface area (Å²) in [5, 5.41) is 3.16. The number of carbonyl (C=O) groups is 3. The fourth-order valence-corrected chi connectivity index (χ4v) is 2.74. The topological polar surface area (TPSA) is 92.5 Å². The van der Waals surface area contributed by atoms with Crippen LogP contribution in [0.15, 0.2) is 36.4 Å². The number of benzene rings is 2. The standard InChI is InChI=1S/C18H17Cl2N3O3/c1-10-6-7-13(16(20)15(10)19)17(25)22-12-5-3-4-11(8-12)18(26)23(2)9-14(21)24/h3-8H,9H2,1-2H3,(H2,21,24)(H,22,25). The number of nitrogens with one attached hydrogen (secondary N) is 1. The molecule has 0 aromatic heterocycles. The summed E-state index contributed by atoms with van der Waals surface area (Å²) in [6, 6.07) is 9.60. The van der Waals surface area contributed by atoms with Crippen LogP contribution in [0.1, 0.15) is 26.3 Å². The number of carbonyl (C=O) groups excluding carboxylic acids is 3. The number of rotatable bonds is 5. The van der Waals surface area contributed by atoms with E-state index in [-0.39, 0.29) is 17.1 Å². The minimum atomic E-state index is -0.615. The molecule has 2 aromatic carbocycles. The van der Waals surface area contributed by atoms with E-state index in [4.69, 9.17) is 28.9 Å². The molecule has 3 amide bonds. The summed E-state index contributed by atoms with van der Waals surface area (Å²) in [5.74, 6) is -1.46. The molecule has 2 aromatic rings. The molecule has 136 valence electrons. The van der Waals surface area contributed by atoms with Crippen molar-refractivity contribution in [3.8, 4) is 0 Å². The predicted molar refractivity (Wildman–Crippen MR) is 102 cm³/mol.